The smallest absolute Gasteiger partial charge is 0.160 e. The fourth-order valence-electron chi connectivity index (χ4n) is 8.44. The van der Waals surface area contributed by atoms with Gasteiger partial charge in [0.05, 0.1) is 22.8 Å². The van der Waals surface area contributed by atoms with Crippen LogP contribution in [0.5, 0.6) is 0 Å². The second kappa shape index (κ2) is 15.6. The molecular formula is C57H38N4O. The number of furan rings is 1. The highest BCUT2D eigenvalue weighted by Gasteiger charge is 2.24. The van der Waals surface area contributed by atoms with Crippen LogP contribution in [0.15, 0.2) is 217 Å². The third-order valence-electron chi connectivity index (χ3n) is 11.6. The Balaban J connectivity index is 0.963. The van der Waals surface area contributed by atoms with Crippen molar-refractivity contribution in [2.45, 2.75) is 0 Å². The molecule has 62 heavy (non-hydrogen) atoms. The van der Waals surface area contributed by atoms with E-state index in [2.05, 4.69) is 139 Å². The fraction of sp³-hybridized carbons (Fsp3) is 0. The molecule has 3 heterocycles. The van der Waals surface area contributed by atoms with Gasteiger partial charge in [-0.1, -0.05) is 200 Å². The molecule has 0 bridgehead atoms. The van der Waals surface area contributed by atoms with Crippen LogP contribution in [0.3, 0.4) is 0 Å². The van der Waals surface area contributed by atoms with Crippen LogP contribution in [0, 0.1) is 5.41 Å². The number of fused-ring (bicyclic) bond motifs is 4. The zero-order chi connectivity index (χ0) is 41.4. The van der Waals surface area contributed by atoms with Crippen LogP contribution >= 0.6 is 0 Å². The van der Waals surface area contributed by atoms with E-state index in [1.807, 2.05) is 84.9 Å². The molecule has 10 aromatic rings. The van der Waals surface area contributed by atoms with Crippen LogP contribution in [0.2, 0.25) is 0 Å². The van der Waals surface area contributed by atoms with Gasteiger partial charge in [-0.05, 0) is 40.5 Å². The van der Waals surface area contributed by atoms with Crippen LogP contribution in [-0.2, 0) is 0 Å². The first kappa shape index (κ1) is 36.7. The van der Waals surface area contributed by atoms with E-state index >= 15 is 0 Å². The molecule has 0 unspecified atom stereocenters. The molecule has 0 saturated carbocycles. The lowest BCUT2D eigenvalue weighted by Crippen LogP contribution is -2.20. The predicted molar refractivity (Wildman–Crippen MR) is 255 cm³/mol. The Morgan fingerprint density at radius 2 is 1.00 bits per heavy atom. The number of hydrogen-bond donors (Lipinski definition) is 2. The number of nitrogens with zero attached hydrogens (tertiary/aromatic N) is 2. The molecule has 2 aromatic heterocycles. The molecule has 0 saturated heterocycles. The summed E-state index contributed by atoms with van der Waals surface area (Å²) in [5.41, 5.74) is 16.6. The van der Waals surface area contributed by atoms with Crippen LogP contribution in [-0.4, -0.2) is 15.7 Å². The van der Waals surface area contributed by atoms with Gasteiger partial charge in [0.15, 0.2) is 5.82 Å². The largest absolute Gasteiger partial charge is 0.455 e. The summed E-state index contributed by atoms with van der Waals surface area (Å²) in [6, 6.07) is 72.4. The van der Waals surface area contributed by atoms with E-state index in [-0.39, 0.29) is 0 Å². The van der Waals surface area contributed by atoms with Crippen molar-refractivity contribution in [3.8, 4) is 45.0 Å². The van der Waals surface area contributed by atoms with E-state index in [4.69, 9.17) is 14.4 Å². The Morgan fingerprint density at radius 3 is 1.74 bits per heavy atom. The van der Waals surface area contributed by atoms with E-state index < -0.39 is 0 Å². The van der Waals surface area contributed by atoms with Gasteiger partial charge in [-0.25, -0.2) is 9.97 Å². The average molecular weight is 795 g/mol. The first-order valence-corrected chi connectivity index (χ1v) is 20.7. The number of rotatable bonds is 8. The predicted octanol–water partition coefficient (Wildman–Crippen LogP) is 14.1. The van der Waals surface area contributed by atoms with Gasteiger partial charge >= 0.3 is 0 Å². The number of nitrogens with one attached hydrogen (secondary N) is 2. The molecule has 8 aromatic carbocycles. The lowest BCUT2D eigenvalue weighted by Gasteiger charge is -2.26. The van der Waals surface area contributed by atoms with Gasteiger partial charge in [0, 0.05) is 55.4 Å². The summed E-state index contributed by atoms with van der Waals surface area (Å²) in [5.74, 6) is 0.642. The number of allylic oxidation sites excluding steroid dienone is 1. The summed E-state index contributed by atoms with van der Waals surface area (Å²) >= 11 is 0. The summed E-state index contributed by atoms with van der Waals surface area (Å²) in [6.45, 7) is 0. The molecule has 0 aliphatic carbocycles. The monoisotopic (exact) mass is 794 g/mol. The number of benzene rings is 8. The quantitative estimate of drug-likeness (QED) is 0.150. The summed E-state index contributed by atoms with van der Waals surface area (Å²) in [7, 11) is 0. The lowest BCUT2D eigenvalue weighted by molar-refractivity contribution is 0.670. The van der Waals surface area contributed by atoms with Crippen LogP contribution in [0.1, 0.15) is 27.8 Å². The van der Waals surface area contributed by atoms with Gasteiger partial charge in [-0.3, -0.25) is 5.41 Å². The van der Waals surface area contributed by atoms with Crippen LogP contribution in [0.25, 0.3) is 90.0 Å². The topological polar surface area (TPSA) is 74.8 Å². The molecule has 0 spiro atoms. The Kier molecular flexibility index (Phi) is 9.25. The number of hydrogen-bond acceptors (Lipinski definition) is 5. The summed E-state index contributed by atoms with van der Waals surface area (Å²) in [6.07, 6.45) is 2.19. The van der Waals surface area contributed by atoms with E-state index in [0.29, 0.717) is 11.5 Å². The van der Waals surface area contributed by atoms with Crippen LogP contribution in [0.4, 0.5) is 0 Å². The third kappa shape index (κ3) is 6.78. The van der Waals surface area contributed by atoms with Gasteiger partial charge in [-0.15, -0.1) is 0 Å². The molecule has 0 amide bonds. The van der Waals surface area contributed by atoms with E-state index in [1.54, 1.807) is 0 Å². The standard InChI is InChI=1S/C57H38N4O/c58-54(42-19-8-3-9-20-42)53(41-17-6-2-7-18-41)55-45-22-11-10-21-44(45)35-49(59-55)39-31-33-43(34-32-39)57-60-50(38-15-4-1-5-16-38)36-51(61-57)40-29-27-37(28-30-40)46-24-14-25-48-47-23-12-13-26-52(47)62-56(46)48/h1-36,58-59H/b55-53-,58-54?. The van der Waals surface area contributed by atoms with Crippen LogP contribution < -0.4 is 5.32 Å². The molecule has 0 fully saturated rings. The minimum atomic E-state index is 0.454. The average Bonchev–Trinajstić information content (AvgIpc) is 3.74. The molecule has 1 aliphatic heterocycles. The first-order chi connectivity index (χ1) is 30.6. The number of aromatic nitrogens is 2. The molecule has 5 nitrogen and oxygen atoms in total. The molecule has 11 rings (SSSR count). The highest BCUT2D eigenvalue weighted by molar-refractivity contribution is 6.36. The van der Waals surface area contributed by atoms with Gasteiger partial charge < -0.3 is 9.73 Å². The van der Waals surface area contributed by atoms with E-state index in [0.717, 1.165) is 106 Å². The van der Waals surface area contributed by atoms with E-state index in [9.17, 15) is 5.41 Å². The normalized spacial score (nSPS) is 13.0. The second-order valence-electron chi connectivity index (χ2n) is 15.4. The fourth-order valence-corrected chi connectivity index (χ4v) is 8.44. The van der Waals surface area contributed by atoms with E-state index in [1.165, 1.54) is 0 Å². The molecule has 292 valence electrons. The molecule has 5 heteroatoms. The van der Waals surface area contributed by atoms with Crippen molar-refractivity contribution in [1.82, 2.24) is 15.3 Å². The van der Waals surface area contributed by atoms with Crippen molar-refractivity contribution < 1.29 is 4.42 Å². The summed E-state index contributed by atoms with van der Waals surface area (Å²) < 4.78 is 6.37. The Bertz CT molecular complexity index is 3350. The highest BCUT2D eigenvalue weighted by Crippen LogP contribution is 2.39. The van der Waals surface area contributed by atoms with Gasteiger partial charge in [0.25, 0.3) is 0 Å². The summed E-state index contributed by atoms with van der Waals surface area (Å²) in [5, 5.41) is 15.5. The Hall–Kier alpha value is -8.41. The summed E-state index contributed by atoms with van der Waals surface area (Å²) in [4.78, 5) is 10.3. The maximum atomic E-state index is 9.52. The SMILES string of the molecule is N=C(/C(=C1\NC(c2ccc(-c3nc(-c4ccccc4)cc(-c4ccc(-c5cccc6c5oc5ccccc56)cc4)n3)cc2)=Cc2ccccc21)c1ccccc1)c1ccccc1. The number of para-hydroxylation sites is 2. The molecule has 0 atom stereocenters. The van der Waals surface area contributed by atoms with Crippen molar-refractivity contribution in [2.24, 2.45) is 0 Å². The van der Waals surface area contributed by atoms with Crippen molar-refractivity contribution >= 4 is 50.7 Å². The zero-order valence-electron chi connectivity index (χ0n) is 33.6. The van der Waals surface area contributed by atoms with Gasteiger partial charge in [0.1, 0.15) is 11.2 Å². The van der Waals surface area contributed by atoms with Crippen molar-refractivity contribution in [3.05, 3.63) is 240 Å². The Labute approximate surface area is 359 Å². The first-order valence-electron chi connectivity index (χ1n) is 20.7. The minimum absolute atomic E-state index is 0.454. The molecular weight excluding hydrogens is 757 g/mol. The van der Waals surface area contributed by atoms with Crippen molar-refractivity contribution in [1.29, 1.82) is 5.41 Å². The maximum absolute atomic E-state index is 9.52. The van der Waals surface area contributed by atoms with Crippen molar-refractivity contribution in [3.63, 3.8) is 0 Å². The second-order valence-corrected chi connectivity index (χ2v) is 15.4. The van der Waals surface area contributed by atoms with Gasteiger partial charge in [-0.2, -0.15) is 0 Å². The van der Waals surface area contributed by atoms with Crippen molar-refractivity contribution in [2.75, 3.05) is 0 Å². The molecule has 2 N–H and O–H groups in total. The minimum Gasteiger partial charge on any atom is -0.455 e. The highest BCUT2D eigenvalue weighted by atomic mass is 16.3. The molecule has 0 radical (unpaired) electrons. The Morgan fingerprint density at radius 1 is 0.452 bits per heavy atom. The third-order valence-corrected chi connectivity index (χ3v) is 11.6. The lowest BCUT2D eigenvalue weighted by atomic mass is 9.88. The molecule has 1 aliphatic rings. The zero-order valence-corrected chi connectivity index (χ0v) is 33.6. The maximum Gasteiger partial charge on any atom is 0.160 e. The van der Waals surface area contributed by atoms with Gasteiger partial charge in [0.2, 0.25) is 0 Å².